The summed E-state index contributed by atoms with van der Waals surface area (Å²) >= 11 is 0. The van der Waals surface area contributed by atoms with Crippen LogP contribution in [0.1, 0.15) is 12.0 Å². The molecule has 0 atom stereocenters. The molecule has 1 amide bonds. The molecule has 98 valence electrons. The predicted molar refractivity (Wildman–Crippen MR) is 76.2 cm³/mol. The third kappa shape index (κ3) is 4.10. The molecule has 0 radical (unpaired) electrons. The van der Waals surface area contributed by atoms with Crippen molar-refractivity contribution in [2.45, 2.75) is 6.42 Å². The zero-order valence-electron chi connectivity index (χ0n) is 10.8. The summed E-state index contributed by atoms with van der Waals surface area (Å²) in [6.45, 7) is 0.730. The molecule has 0 saturated carbocycles. The maximum Gasteiger partial charge on any atom is 0.249 e. The topological polar surface area (TPSA) is 50.7 Å². The van der Waals surface area contributed by atoms with Crippen LogP contribution >= 0.6 is 0 Å². The van der Waals surface area contributed by atoms with Gasteiger partial charge < -0.3 is 10.1 Å². The number of carbonyl (C=O) groups is 1. The molecular formula is C15H16N2O2. The maximum atomic E-state index is 11.7. The van der Waals surface area contributed by atoms with E-state index in [0.29, 0.717) is 5.84 Å². The van der Waals surface area contributed by atoms with Crippen molar-refractivity contribution >= 4 is 17.8 Å². The molecular weight excluding hydrogens is 240 g/mol. The summed E-state index contributed by atoms with van der Waals surface area (Å²) < 4.78 is 5.07. The van der Waals surface area contributed by atoms with Gasteiger partial charge in [0, 0.05) is 12.6 Å². The van der Waals surface area contributed by atoms with Gasteiger partial charge in [0.25, 0.3) is 0 Å². The summed E-state index contributed by atoms with van der Waals surface area (Å²) in [5.74, 6) is 1.24. The van der Waals surface area contributed by atoms with Gasteiger partial charge in [-0.2, -0.15) is 0 Å². The third-order valence-electron chi connectivity index (χ3n) is 2.65. The zero-order valence-corrected chi connectivity index (χ0v) is 10.8. The van der Waals surface area contributed by atoms with Crippen LogP contribution in [-0.2, 0) is 4.79 Å². The monoisotopic (exact) mass is 256 g/mol. The van der Waals surface area contributed by atoms with Crippen molar-refractivity contribution in [2.24, 2.45) is 4.99 Å². The van der Waals surface area contributed by atoms with E-state index in [1.807, 2.05) is 36.4 Å². The second kappa shape index (κ2) is 6.54. The van der Waals surface area contributed by atoms with Crippen LogP contribution in [0.2, 0.25) is 0 Å². The molecule has 1 N–H and O–H groups in total. The van der Waals surface area contributed by atoms with Crippen LogP contribution in [0.25, 0.3) is 6.08 Å². The number of amides is 1. The number of rotatable bonds is 3. The summed E-state index contributed by atoms with van der Waals surface area (Å²) in [6.07, 6.45) is 7.99. The number of nitrogens with one attached hydrogen (secondary N) is 1. The van der Waals surface area contributed by atoms with Crippen molar-refractivity contribution in [3.05, 3.63) is 48.1 Å². The zero-order chi connectivity index (χ0) is 13.5. The molecule has 1 heterocycles. The first-order valence-electron chi connectivity index (χ1n) is 6.12. The second-order valence-electron chi connectivity index (χ2n) is 4.05. The molecule has 1 aromatic rings. The van der Waals surface area contributed by atoms with E-state index in [2.05, 4.69) is 10.3 Å². The average molecular weight is 256 g/mol. The highest BCUT2D eigenvalue weighted by atomic mass is 16.5. The maximum absolute atomic E-state index is 11.7. The van der Waals surface area contributed by atoms with E-state index in [4.69, 9.17) is 4.74 Å². The average Bonchev–Trinajstić information content (AvgIpc) is 2.47. The summed E-state index contributed by atoms with van der Waals surface area (Å²) in [5.41, 5.74) is 0.942. The molecule has 4 heteroatoms. The molecule has 1 aromatic carbocycles. The summed E-state index contributed by atoms with van der Waals surface area (Å²) in [6, 6.07) is 7.48. The molecule has 0 spiro atoms. The van der Waals surface area contributed by atoms with Crippen molar-refractivity contribution in [1.82, 2.24) is 5.32 Å². The lowest BCUT2D eigenvalue weighted by atomic mass is 10.2. The van der Waals surface area contributed by atoms with E-state index in [0.717, 1.165) is 24.3 Å². The summed E-state index contributed by atoms with van der Waals surface area (Å²) in [5, 5.41) is 2.72. The summed E-state index contributed by atoms with van der Waals surface area (Å²) in [4.78, 5) is 15.9. The Morgan fingerprint density at radius 2 is 2.16 bits per heavy atom. The van der Waals surface area contributed by atoms with Gasteiger partial charge in [0.1, 0.15) is 11.6 Å². The fourth-order valence-electron chi connectivity index (χ4n) is 1.64. The lowest BCUT2D eigenvalue weighted by molar-refractivity contribution is -0.115. The first-order chi connectivity index (χ1) is 9.28. The minimum absolute atomic E-state index is 0.180. The number of benzene rings is 1. The molecule has 0 saturated heterocycles. The van der Waals surface area contributed by atoms with Crippen LogP contribution in [0.3, 0.4) is 0 Å². The SMILES string of the molecule is COc1ccc(/C=C/C(=O)NC2=NCCC=C2)cc1. The molecule has 2 rings (SSSR count). The second-order valence-corrected chi connectivity index (χ2v) is 4.05. The van der Waals surface area contributed by atoms with Gasteiger partial charge in [-0.1, -0.05) is 18.2 Å². The normalized spacial score (nSPS) is 14.3. The molecule has 0 aliphatic carbocycles. The Kier molecular flexibility index (Phi) is 4.50. The Morgan fingerprint density at radius 1 is 1.37 bits per heavy atom. The number of methoxy groups -OCH3 is 1. The van der Waals surface area contributed by atoms with Crippen LogP contribution in [-0.4, -0.2) is 25.4 Å². The van der Waals surface area contributed by atoms with Crippen molar-refractivity contribution in [2.75, 3.05) is 13.7 Å². The standard InChI is InChI=1S/C15H16N2O2/c1-19-13-8-5-12(6-9-13)7-10-15(18)17-14-4-2-3-11-16-14/h2,4-10H,3,11H2,1H3,(H,16,17,18)/b10-7+. The van der Waals surface area contributed by atoms with Gasteiger partial charge >= 0.3 is 0 Å². The molecule has 19 heavy (non-hydrogen) atoms. The van der Waals surface area contributed by atoms with E-state index in [-0.39, 0.29) is 5.91 Å². The van der Waals surface area contributed by atoms with Gasteiger partial charge in [-0.25, -0.2) is 0 Å². The Hall–Kier alpha value is -2.36. The predicted octanol–water partition coefficient (Wildman–Crippen LogP) is 2.18. The van der Waals surface area contributed by atoms with E-state index in [1.54, 1.807) is 13.2 Å². The van der Waals surface area contributed by atoms with Gasteiger partial charge in [0.2, 0.25) is 5.91 Å². The molecule has 0 aromatic heterocycles. The van der Waals surface area contributed by atoms with Gasteiger partial charge in [0.15, 0.2) is 0 Å². The van der Waals surface area contributed by atoms with Gasteiger partial charge in [-0.05, 0) is 36.3 Å². The number of hydrogen-bond donors (Lipinski definition) is 1. The highest BCUT2D eigenvalue weighted by molar-refractivity contribution is 6.09. The van der Waals surface area contributed by atoms with Crippen molar-refractivity contribution in [3.8, 4) is 5.75 Å². The molecule has 0 bridgehead atoms. The van der Waals surface area contributed by atoms with E-state index >= 15 is 0 Å². The largest absolute Gasteiger partial charge is 0.497 e. The van der Waals surface area contributed by atoms with Crippen LogP contribution in [0, 0.1) is 0 Å². The molecule has 1 aliphatic heterocycles. The molecule has 0 unspecified atom stereocenters. The van der Waals surface area contributed by atoms with Gasteiger partial charge in [0.05, 0.1) is 7.11 Å². The number of aliphatic imine (C=N–C) groups is 1. The number of ether oxygens (including phenoxy) is 1. The first kappa shape index (κ1) is 13.1. The van der Waals surface area contributed by atoms with Crippen molar-refractivity contribution in [1.29, 1.82) is 0 Å². The smallest absolute Gasteiger partial charge is 0.249 e. The Morgan fingerprint density at radius 3 is 2.79 bits per heavy atom. The van der Waals surface area contributed by atoms with Crippen molar-refractivity contribution < 1.29 is 9.53 Å². The fraction of sp³-hybridized carbons (Fsp3) is 0.200. The van der Waals surface area contributed by atoms with Crippen LogP contribution in [0.4, 0.5) is 0 Å². The molecule has 1 aliphatic rings. The number of dihydropyridines is 1. The quantitative estimate of drug-likeness (QED) is 0.843. The van der Waals surface area contributed by atoms with Crippen LogP contribution in [0.5, 0.6) is 5.75 Å². The Balaban J connectivity index is 1.92. The Labute approximate surface area is 112 Å². The van der Waals surface area contributed by atoms with Crippen LogP contribution in [0.15, 0.2) is 47.5 Å². The molecule has 4 nitrogen and oxygen atoms in total. The van der Waals surface area contributed by atoms with E-state index in [9.17, 15) is 4.79 Å². The van der Waals surface area contributed by atoms with Gasteiger partial charge in [-0.15, -0.1) is 0 Å². The number of carbonyl (C=O) groups excluding carboxylic acids is 1. The first-order valence-corrected chi connectivity index (χ1v) is 6.12. The van der Waals surface area contributed by atoms with E-state index in [1.165, 1.54) is 6.08 Å². The van der Waals surface area contributed by atoms with Gasteiger partial charge in [-0.3, -0.25) is 9.79 Å². The number of amidine groups is 1. The lowest BCUT2D eigenvalue weighted by Gasteiger charge is -2.05. The Bertz CT molecular complexity index is 528. The van der Waals surface area contributed by atoms with Crippen molar-refractivity contribution in [3.63, 3.8) is 0 Å². The van der Waals surface area contributed by atoms with E-state index < -0.39 is 0 Å². The third-order valence-corrected chi connectivity index (χ3v) is 2.65. The number of hydrogen-bond acceptors (Lipinski definition) is 3. The summed E-state index contributed by atoms with van der Waals surface area (Å²) in [7, 11) is 1.62. The lowest BCUT2D eigenvalue weighted by Crippen LogP contribution is -2.28. The fourth-order valence-corrected chi connectivity index (χ4v) is 1.64. The minimum atomic E-state index is -0.180. The van der Waals surface area contributed by atoms with Crippen LogP contribution < -0.4 is 10.1 Å². The highest BCUT2D eigenvalue weighted by Gasteiger charge is 2.01. The minimum Gasteiger partial charge on any atom is -0.497 e. The molecule has 0 fully saturated rings. The number of nitrogens with zero attached hydrogens (tertiary/aromatic N) is 1. The highest BCUT2D eigenvalue weighted by Crippen LogP contribution is 2.12.